The van der Waals surface area contributed by atoms with Crippen LogP contribution in [0.2, 0.25) is 0 Å². The molecule has 0 atom stereocenters. The minimum absolute atomic E-state index is 0.355. The van der Waals surface area contributed by atoms with E-state index in [-0.39, 0.29) is 0 Å². The summed E-state index contributed by atoms with van der Waals surface area (Å²) >= 11 is 0. The maximum absolute atomic E-state index is 5.61. The van der Waals surface area contributed by atoms with Crippen molar-refractivity contribution >= 4 is 5.69 Å². The number of nitrogens with two attached hydrogens (primary N) is 1. The third-order valence-corrected chi connectivity index (χ3v) is 2.40. The molecule has 0 saturated carbocycles. The van der Waals surface area contributed by atoms with Crippen molar-refractivity contribution in [3.05, 3.63) is 48.0 Å². The van der Waals surface area contributed by atoms with Crippen molar-refractivity contribution in [2.45, 2.75) is 20.0 Å². The molecule has 0 radical (unpaired) electrons. The van der Waals surface area contributed by atoms with Crippen molar-refractivity contribution in [3.63, 3.8) is 0 Å². The molecule has 0 aliphatic carbocycles. The zero-order valence-corrected chi connectivity index (χ0v) is 9.76. The number of nitrogen functional groups attached to an aromatic ring is 1. The third kappa shape index (κ3) is 3.17. The Kier molecular flexibility index (Phi) is 3.55. The Hall–Kier alpha value is -2.10. The van der Waals surface area contributed by atoms with Crippen LogP contribution in [0.1, 0.15) is 18.3 Å². The molecule has 0 unspecified atom stereocenters. The van der Waals surface area contributed by atoms with E-state index < -0.39 is 0 Å². The molecule has 1 heterocycles. The van der Waals surface area contributed by atoms with Gasteiger partial charge in [0, 0.05) is 0 Å². The summed E-state index contributed by atoms with van der Waals surface area (Å²) in [4.78, 5) is 8.15. The molecule has 2 aromatic rings. The summed E-state index contributed by atoms with van der Waals surface area (Å²) in [5, 5.41) is 0. The van der Waals surface area contributed by atoms with Crippen LogP contribution in [-0.4, -0.2) is 9.97 Å². The molecule has 88 valence electrons. The van der Waals surface area contributed by atoms with E-state index in [1.54, 1.807) is 12.4 Å². The smallest absolute Gasteiger partial charge is 0.166 e. The topological polar surface area (TPSA) is 61.0 Å². The number of nitrogens with zero attached hydrogens (tertiary/aromatic N) is 2. The fraction of sp³-hybridized carbons (Fsp3) is 0.231. The second-order valence-corrected chi connectivity index (χ2v) is 3.72. The second-order valence-electron chi connectivity index (χ2n) is 3.72. The zero-order chi connectivity index (χ0) is 12.1. The standard InChI is InChI=1S/C13H15N3O/c1-2-10-4-3-5-12(6-10)17-9-13-15-7-11(14)8-16-13/h3-8H,2,9,14H2,1H3. The van der Waals surface area contributed by atoms with E-state index in [0.29, 0.717) is 18.1 Å². The Morgan fingerprint density at radius 1 is 1.24 bits per heavy atom. The molecular formula is C13H15N3O. The quantitative estimate of drug-likeness (QED) is 0.873. The summed E-state index contributed by atoms with van der Waals surface area (Å²) in [5.41, 5.74) is 7.31. The summed E-state index contributed by atoms with van der Waals surface area (Å²) in [6.45, 7) is 2.47. The Morgan fingerprint density at radius 2 is 2.00 bits per heavy atom. The van der Waals surface area contributed by atoms with Crippen LogP contribution in [0, 0.1) is 0 Å². The molecule has 0 fully saturated rings. The predicted molar refractivity (Wildman–Crippen MR) is 66.6 cm³/mol. The van der Waals surface area contributed by atoms with Gasteiger partial charge in [0.15, 0.2) is 5.82 Å². The molecule has 1 aromatic carbocycles. The Labute approximate surface area is 100 Å². The molecule has 0 saturated heterocycles. The maximum Gasteiger partial charge on any atom is 0.166 e. The summed E-state index contributed by atoms with van der Waals surface area (Å²) in [7, 11) is 0. The molecule has 0 aliphatic rings. The molecule has 17 heavy (non-hydrogen) atoms. The zero-order valence-electron chi connectivity index (χ0n) is 9.76. The Morgan fingerprint density at radius 3 is 2.71 bits per heavy atom. The van der Waals surface area contributed by atoms with Crippen LogP contribution < -0.4 is 10.5 Å². The number of anilines is 1. The van der Waals surface area contributed by atoms with Crippen LogP contribution in [0.25, 0.3) is 0 Å². The van der Waals surface area contributed by atoms with Crippen molar-refractivity contribution in [1.29, 1.82) is 0 Å². The third-order valence-electron chi connectivity index (χ3n) is 2.40. The SMILES string of the molecule is CCc1cccc(OCc2ncc(N)cn2)c1. The molecular weight excluding hydrogens is 214 g/mol. The van der Waals surface area contributed by atoms with Gasteiger partial charge in [-0.25, -0.2) is 9.97 Å². The van der Waals surface area contributed by atoms with Gasteiger partial charge in [0.2, 0.25) is 0 Å². The minimum atomic E-state index is 0.355. The van der Waals surface area contributed by atoms with E-state index in [2.05, 4.69) is 23.0 Å². The van der Waals surface area contributed by atoms with Gasteiger partial charge in [-0.2, -0.15) is 0 Å². The molecule has 0 aliphatic heterocycles. The first-order chi connectivity index (χ1) is 8.28. The van der Waals surface area contributed by atoms with E-state index >= 15 is 0 Å². The highest BCUT2D eigenvalue weighted by Gasteiger charge is 1.99. The van der Waals surface area contributed by atoms with Crippen molar-refractivity contribution in [1.82, 2.24) is 9.97 Å². The lowest BCUT2D eigenvalue weighted by Crippen LogP contribution is -2.02. The van der Waals surface area contributed by atoms with E-state index in [1.807, 2.05) is 18.2 Å². The fourth-order valence-electron chi connectivity index (χ4n) is 1.44. The highest BCUT2D eigenvalue weighted by atomic mass is 16.5. The number of benzene rings is 1. The molecule has 0 amide bonds. The highest BCUT2D eigenvalue weighted by molar-refractivity contribution is 5.30. The van der Waals surface area contributed by atoms with E-state index in [1.165, 1.54) is 5.56 Å². The van der Waals surface area contributed by atoms with Crippen LogP contribution in [-0.2, 0) is 13.0 Å². The van der Waals surface area contributed by atoms with Crippen molar-refractivity contribution < 1.29 is 4.74 Å². The summed E-state index contributed by atoms with van der Waals surface area (Å²) in [6, 6.07) is 8.01. The molecule has 2 rings (SSSR count). The van der Waals surface area contributed by atoms with Crippen molar-refractivity contribution in [2.24, 2.45) is 0 Å². The monoisotopic (exact) mass is 229 g/mol. The van der Waals surface area contributed by atoms with Crippen LogP contribution in [0.4, 0.5) is 5.69 Å². The number of ether oxygens (including phenoxy) is 1. The summed E-state index contributed by atoms with van der Waals surface area (Å²) in [5.74, 6) is 1.46. The molecule has 1 aromatic heterocycles. The van der Waals surface area contributed by atoms with Gasteiger partial charge in [0.1, 0.15) is 12.4 Å². The van der Waals surface area contributed by atoms with Gasteiger partial charge < -0.3 is 10.5 Å². The Balaban J connectivity index is 1.99. The largest absolute Gasteiger partial charge is 0.486 e. The van der Waals surface area contributed by atoms with Crippen LogP contribution in [0.15, 0.2) is 36.7 Å². The predicted octanol–water partition coefficient (Wildman–Crippen LogP) is 2.20. The maximum atomic E-state index is 5.61. The number of rotatable bonds is 4. The van der Waals surface area contributed by atoms with E-state index in [9.17, 15) is 0 Å². The highest BCUT2D eigenvalue weighted by Crippen LogP contribution is 2.14. The van der Waals surface area contributed by atoms with Crippen LogP contribution in [0.3, 0.4) is 0 Å². The molecule has 2 N–H and O–H groups in total. The molecule has 0 bridgehead atoms. The molecule has 4 heteroatoms. The molecule has 0 spiro atoms. The summed E-state index contributed by atoms with van der Waals surface area (Å²) < 4.78 is 5.61. The van der Waals surface area contributed by atoms with Gasteiger partial charge in [-0.15, -0.1) is 0 Å². The van der Waals surface area contributed by atoms with E-state index in [0.717, 1.165) is 12.2 Å². The lowest BCUT2D eigenvalue weighted by molar-refractivity contribution is 0.295. The van der Waals surface area contributed by atoms with Crippen molar-refractivity contribution in [3.8, 4) is 5.75 Å². The van der Waals surface area contributed by atoms with Crippen LogP contribution >= 0.6 is 0 Å². The van der Waals surface area contributed by atoms with Gasteiger partial charge in [0.05, 0.1) is 18.1 Å². The number of aryl methyl sites for hydroxylation is 1. The second kappa shape index (κ2) is 5.30. The fourth-order valence-corrected chi connectivity index (χ4v) is 1.44. The number of hydrogen-bond acceptors (Lipinski definition) is 4. The minimum Gasteiger partial charge on any atom is -0.486 e. The number of hydrogen-bond donors (Lipinski definition) is 1. The molecule has 4 nitrogen and oxygen atoms in total. The first-order valence-electron chi connectivity index (χ1n) is 5.56. The van der Waals surface area contributed by atoms with Gasteiger partial charge in [-0.1, -0.05) is 19.1 Å². The van der Waals surface area contributed by atoms with Gasteiger partial charge >= 0.3 is 0 Å². The average Bonchev–Trinajstić information content (AvgIpc) is 2.38. The lowest BCUT2D eigenvalue weighted by Gasteiger charge is -2.06. The van der Waals surface area contributed by atoms with Crippen LogP contribution in [0.5, 0.6) is 5.75 Å². The first-order valence-corrected chi connectivity index (χ1v) is 5.56. The number of aromatic nitrogens is 2. The Bertz CT molecular complexity index is 482. The first kappa shape index (κ1) is 11.4. The van der Waals surface area contributed by atoms with Gasteiger partial charge in [0.25, 0.3) is 0 Å². The normalized spacial score (nSPS) is 10.2. The van der Waals surface area contributed by atoms with E-state index in [4.69, 9.17) is 10.5 Å². The van der Waals surface area contributed by atoms with Gasteiger partial charge in [-0.3, -0.25) is 0 Å². The van der Waals surface area contributed by atoms with Gasteiger partial charge in [-0.05, 0) is 24.1 Å². The lowest BCUT2D eigenvalue weighted by atomic mass is 10.2. The van der Waals surface area contributed by atoms with Crippen molar-refractivity contribution in [2.75, 3.05) is 5.73 Å². The summed E-state index contributed by atoms with van der Waals surface area (Å²) in [6.07, 6.45) is 4.15. The average molecular weight is 229 g/mol.